The van der Waals surface area contributed by atoms with Gasteiger partial charge in [-0.2, -0.15) is 0 Å². The fourth-order valence-corrected chi connectivity index (χ4v) is 4.69. The molecular weight excluding hydrogens is 338 g/mol. The second-order valence-electron chi connectivity index (χ2n) is 5.90. The molecule has 0 unspecified atom stereocenters. The van der Waals surface area contributed by atoms with E-state index in [0.29, 0.717) is 11.2 Å². The van der Waals surface area contributed by atoms with Gasteiger partial charge in [-0.05, 0) is 32.0 Å². The molecule has 0 radical (unpaired) electrons. The molecule has 0 aliphatic carbocycles. The number of nitrogens with zero attached hydrogens (tertiary/aromatic N) is 1. The number of hydrogen-bond donors (Lipinski definition) is 0. The molecule has 0 aliphatic heterocycles. The van der Waals surface area contributed by atoms with E-state index < -0.39 is 16.3 Å². The third-order valence-electron chi connectivity index (χ3n) is 4.33. The van der Waals surface area contributed by atoms with Crippen LogP contribution in [0.15, 0.2) is 53.4 Å². The van der Waals surface area contributed by atoms with Gasteiger partial charge in [-0.3, -0.25) is 0 Å². The van der Waals surface area contributed by atoms with E-state index in [-0.39, 0.29) is 4.90 Å². The molecule has 1 heterocycles. The molecule has 2 aromatic carbocycles. The van der Waals surface area contributed by atoms with E-state index in [1.807, 2.05) is 25.1 Å². The van der Waals surface area contributed by atoms with E-state index in [2.05, 4.69) is 0 Å². The number of hydrogen-bond acceptors (Lipinski definition) is 4. The quantitative estimate of drug-likeness (QED) is 0.651. The molecule has 0 bridgehead atoms. The third kappa shape index (κ3) is 2.86. The van der Waals surface area contributed by atoms with Crippen molar-refractivity contribution < 1.29 is 17.9 Å². The van der Waals surface area contributed by atoms with Crippen LogP contribution in [0.4, 0.5) is 0 Å². The molecule has 5 nitrogen and oxygen atoms in total. The summed E-state index contributed by atoms with van der Waals surface area (Å²) in [7, 11) is -0.665. The number of benzene rings is 2. The average Bonchev–Trinajstić information content (AvgIpc) is 2.90. The summed E-state index contributed by atoms with van der Waals surface area (Å²) in [5, 5.41) is 0.796. The lowest BCUT2D eigenvalue weighted by atomic mass is 10.1. The Morgan fingerprint density at radius 3 is 2.12 bits per heavy atom. The molecule has 0 spiro atoms. The van der Waals surface area contributed by atoms with Crippen molar-refractivity contribution in [3.8, 4) is 0 Å². The van der Waals surface area contributed by atoms with Gasteiger partial charge in [-0.25, -0.2) is 12.4 Å². The van der Waals surface area contributed by atoms with Crippen LogP contribution in [0.1, 0.15) is 23.1 Å². The van der Waals surface area contributed by atoms with Crippen LogP contribution in [0.5, 0.6) is 0 Å². The van der Waals surface area contributed by atoms with Crippen molar-refractivity contribution in [2.75, 3.05) is 14.2 Å². The SMILES string of the molecule is COC(OC)c1c(C)n(S(=O)(=O)c2ccc(C)cc2)c2ccccc12. The number of rotatable bonds is 5. The highest BCUT2D eigenvalue weighted by Crippen LogP contribution is 2.35. The highest BCUT2D eigenvalue weighted by Gasteiger charge is 2.28. The summed E-state index contributed by atoms with van der Waals surface area (Å²) in [6.45, 7) is 3.69. The highest BCUT2D eigenvalue weighted by atomic mass is 32.2. The molecule has 132 valence electrons. The highest BCUT2D eigenvalue weighted by molar-refractivity contribution is 7.90. The monoisotopic (exact) mass is 359 g/mol. The van der Waals surface area contributed by atoms with Crippen molar-refractivity contribution in [3.63, 3.8) is 0 Å². The van der Waals surface area contributed by atoms with Crippen molar-refractivity contribution >= 4 is 20.9 Å². The van der Waals surface area contributed by atoms with Gasteiger partial charge in [0.2, 0.25) is 0 Å². The standard InChI is InChI=1S/C19H21NO4S/c1-13-9-11-15(12-10-13)25(21,22)20-14(2)18(19(23-3)24-4)16-7-5-6-8-17(16)20/h5-12,19H,1-4H3. The average molecular weight is 359 g/mol. The second-order valence-corrected chi connectivity index (χ2v) is 7.69. The van der Waals surface area contributed by atoms with Crippen LogP contribution in [0, 0.1) is 13.8 Å². The van der Waals surface area contributed by atoms with Crippen molar-refractivity contribution in [2.24, 2.45) is 0 Å². The van der Waals surface area contributed by atoms with Crippen molar-refractivity contribution in [1.82, 2.24) is 3.97 Å². The second kappa shape index (κ2) is 6.63. The van der Waals surface area contributed by atoms with E-state index in [9.17, 15) is 8.42 Å². The van der Waals surface area contributed by atoms with Gasteiger partial charge in [0, 0.05) is 30.9 Å². The Labute approximate surface area is 147 Å². The maximum absolute atomic E-state index is 13.3. The van der Waals surface area contributed by atoms with E-state index in [1.54, 1.807) is 37.3 Å². The minimum atomic E-state index is -3.74. The van der Waals surface area contributed by atoms with Crippen molar-refractivity contribution in [3.05, 3.63) is 65.4 Å². The summed E-state index contributed by atoms with van der Waals surface area (Å²) >= 11 is 0. The minimum Gasteiger partial charge on any atom is -0.352 e. The summed E-state index contributed by atoms with van der Waals surface area (Å²) in [4.78, 5) is 0.250. The van der Waals surface area contributed by atoms with Gasteiger partial charge in [0.05, 0.1) is 10.4 Å². The van der Waals surface area contributed by atoms with Crippen LogP contribution >= 0.6 is 0 Å². The molecule has 25 heavy (non-hydrogen) atoms. The van der Waals surface area contributed by atoms with Gasteiger partial charge in [-0.15, -0.1) is 0 Å². The fraction of sp³-hybridized carbons (Fsp3) is 0.263. The van der Waals surface area contributed by atoms with E-state index in [1.165, 1.54) is 18.2 Å². The number of aryl methyl sites for hydroxylation is 1. The third-order valence-corrected chi connectivity index (χ3v) is 6.15. The number of aromatic nitrogens is 1. The number of para-hydroxylation sites is 1. The van der Waals surface area contributed by atoms with E-state index >= 15 is 0 Å². The lowest BCUT2D eigenvalue weighted by Crippen LogP contribution is -2.15. The van der Waals surface area contributed by atoms with Crippen LogP contribution in [-0.2, 0) is 19.5 Å². The Morgan fingerprint density at radius 2 is 1.52 bits per heavy atom. The summed E-state index contributed by atoms with van der Waals surface area (Å²) in [5.41, 5.74) is 2.91. The zero-order valence-corrected chi connectivity index (χ0v) is 15.5. The largest absolute Gasteiger partial charge is 0.352 e. The maximum atomic E-state index is 13.3. The molecule has 1 aromatic heterocycles. The molecule has 0 fully saturated rings. The first-order valence-electron chi connectivity index (χ1n) is 7.89. The number of methoxy groups -OCH3 is 2. The molecule has 0 saturated heterocycles. The van der Waals surface area contributed by atoms with E-state index in [4.69, 9.17) is 9.47 Å². The Kier molecular flexibility index (Phi) is 4.69. The van der Waals surface area contributed by atoms with Gasteiger partial charge < -0.3 is 9.47 Å². The van der Waals surface area contributed by atoms with Gasteiger partial charge in [0.15, 0.2) is 6.29 Å². The Balaban J connectivity index is 2.33. The maximum Gasteiger partial charge on any atom is 0.268 e. The number of ether oxygens (including phenoxy) is 2. The lowest BCUT2D eigenvalue weighted by Gasteiger charge is -2.15. The predicted octanol–water partition coefficient (Wildman–Crippen LogP) is 3.79. The molecule has 6 heteroatoms. The molecule has 0 saturated carbocycles. The Morgan fingerprint density at radius 1 is 0.920 bits per heavy atom. The zero-order chi connectivity index (χ0) is 18.2. The first-order valence-corrected chi connectivity index (χ1v) is 9.33. The molecule has 0 amide bonds. The Bertz CT molecular complexity index is 1000. The van der Waals surface area contributed by atoms with Crippen LogP contribution in [-0.4, -0.2) is 26.6 Å². The first-order chi connectivity index (χ1) is 11.9. The fourth-order valence-electron chi connectivity index (χ4n) is 3.12. The van der Waals surface area contributed by atoms with Crippen molar-refractivity contribution in [1.29, 1.82) is 0 Å². The van der Waals surface area contributed by atoms with Gasteiger partial charge >= 0.3 is 0 Å². The lowest BCUT2D eigenvalue weighted by molar-refractivity contribution is -0.105. The summed E-state index contributed by atoms with van der Waals surface area (Å²) in [5.74, 6) is 0. The molecule has 0 atom stereocenters. The van der Waals surface area contributed by atoms with E-state index in [0.717, 1.165) is 16.5 Å². The van der Waals surface area contributed by atoms with Crippen LogP contribution in [0.3, 0.4) is 0 Å². The molecule has 0 N–H and O–H groups in total. The molecule has 0 aliphatic rings. The predicted molar refractivity (Wildman–Crippen MR) is 97.2 cm³/mol. The van der Waals surface area contributed by atoms with Crippen molar-refractivity contribution in [2.45, 2.75) is 25.0 Å². The zero-order valence-electron chi connectivity index (χ0n) is 14.7. The normalized spacial score (nSPS) is 12.2. The van der Waals surface area contributed by atoms with Gasteiger partial charge in [-0.1, -0.05) is 35.9 Å². The van der Waals surface area contributed by atoms with Gasteiger partial charge in [0.1, 0.15) is 0 Å². The number of fused-ring (bicyclic) bond motifs is 1. The molecular formula is C19H21NO4S. The Hall–Kier alpha value is -2.15. The van der Waals surface area contributed by atoms with Crippen LogP contribution in [0.25, 0.3) is 10.9 Å². The minimum absolute atomic E-state index is 0.250. The summed E-state index contributed by atoms with van der Waals surface area (Å²) < 4.78 is 38.7. The van der Waals surface area contributed by atoms with Crippen LogP contribution in [0.2, 0.25) is 0 Å². The molecule has 3 aromatic rings. The summed E-state index contributed by atoms with van der Waals surface area (Å²) in [6.07, 6.45) is -0.639. The summed E-state index contributed by atoms with van der Waals surface area (Å²) in [6, 6.07) is 14.2. The van der Waals surface area contributed by atoms with Gasteiger partial charge in [0.25, 0.3) is 10.0 Å². The van der Waals surface area contributed by atoms with Crippen LogP contribution < -0.4 is 0 Å². The smallest absolute Gasteiger partial charge is 0.268 e. The molecule has 3 rings (SSSR count). The first kappa shape index (κ1) is 17.7. The topological polar surface area (TPSA) is 57.5 Å².